The minimum atomic E-state index is -0.517. The largest absolute Gasteiger partial charge is 0.422 e. The second-order valence-corrected chi connectivity index (χ2v) is 7.57. The molecule has 1 heterocycles. The van der Waals surface area contributed by atoms with E-state index >= 15 is 0 Å². The zero-order valence-corrected chi connectivity index (χ0v) is 18.5. The van der Waals surface area contributed by atoms with E-state index in [0.717, 1.165) is 5.69 Å². The number of esters is 1. The van der Waals surface area contributed by atoms with Crippen molar-refractivity contribution in [3.8, 4) is 11.4 Å². The van der Waals surface area contributed by atoms with E-state index in [1.165, 1.54) is 0 Å². The van der Waals surface area contributed by atoms with Crippen LogP contribution >= 0.6 is 11.6 Å². The molecule has 0 aliphatic heterocycles. The lowest BCUT2D eigenvalue weighted by molar-refractivity contribution is 0.0734. The van der Waals surface area contributed by atoms with Gasteiger partial charge >= 0.3 is 5.97 Å². The summed E-state index contributed by atoms with van der Waals surface area (Å²) in [6, 6.07) is 24.5. The molecule has 0 atom stereocenters. The van der Waals surface area contributed by atoms with Gasteiger partial charge in [0.15, 0.2) is 0 Å². The first-order valence-electron chi connectivity index (χ1n) is 10.2. The van der Waals surface area contributed by atoms with Crippen LogP contribution in [-0.2, 0) is 0 Å². The zero-order chi connectivity index (χ0) is 23.2. The summed E-state index contributed by atoms with van der Waals surface area (Å²) in [5.74, 6) is -0.536. The van der Waals surface area contributed by atoms with Gasteiger partial charge in [-0.2, -0.15) is 5.10 Å². The van der Waals surface area contributed by atoms with Gasteiger partial charge in [-0.15, -0.1) is 0 Å². The number of ether oxygens (including phenoxy) is 1. The van der Waals surface area contributed by atoms with Crippen molar-refractivity contribution in [2.24, 2.45) is 5.10 Å². The van der Waals surface area contributed by atoms with Crippen molar-refractivity contribution in [1.29, 1.82) is 0 Å². The van der Waals surface area contributed by atoms with Gasteiger partial charge in [0.25, 0.3) is 5.91 Å². The Hall–Kier alpha value is -4.16. The van der Waals surface area contributed by atoms with Crippen molar-refractivity contribution in [3.05, 3.63) is 119 Å². The summed E-state index contributed by atoms with van der Waals surface area (Å²) < 4.78 is 7.43. The Balaban J connectivity index is 1.53. The molecule has 6 nitrogen and oxygen atoms in total. The molecule has 4 aromatic rings. The van der Waals surface area contributed by atoms with Gasteiger partial charge in [-0.1, -0.05) is 35.9 Å². The molecule has 164 valence electrons. The number of halogens is 1. The average Bonchev–Trinajstić information content (AvgIpc) is 3.38. The number of nitrogens with one attached hydrogen (secondary N) is 1. The van der Waals surface area contributed by atoms with Crippen LogP contribution in [0.15, 0.2) is 102 Å². The summed E-state index contributed by atoms with van der Waals surface area (Å²) in [7, 11) is 0. The van der Waals surface area contributed by atoms with Gasteiger partial charge in [-0.05, 0) is 67.6 Å². The number of carbonyl (C=O) groups is 2. The van der Waals surface area contributed by atoms with Gasteiger partial charge in [0.05, 0.1) is 22.5 Å². The molecule has 0 bridgehead atoms. The predicted molar refractivity (Wildman–Crippen MR) is 128 cm³/mol. The van der Waals surface area contributed by atoms with Crippen LogP contribution in [0.2, 0.25) is 5.02 Å². The van der Waals surface area contributed by atoms with Gasteiger partial charge in [0, 0.05) is 23.0 Å². The van der Waals surface area contributed by atoms with E-state index in [1.54, 1.807) is 67.6 Å². The smallest absolute Gasteiger partial charge is 0.343 e. The fourth-order valence-corrected chi connectivity index (χ4v) is 3.37. The third-order valence-corrected chi connectivity index (χ3v) is 5.17. The lowest BCUT2D eigenvalue weighted by Crippen LogP contribution is -2.21. The Morgan fingerprint density at radius 1 is 0.848 bits per heavy atom. The van der Waals surface area contributed by atoms with Crippen LogP contribution in [0.1, 0.15) is 33.2 Å². The quantitative estimate of drug-likeness (QED) is 0.180. The van der Waals surface area contributed by atoms with Gasteiger partial charge in [-0.3, -0.25) is 4.79 Å². The molecule has 0 fully saturated rings. The normalized spacial score (nSPS) is 11.2. The number of aromatic nitrogens is 1. The molecule has 1 amide bonds. The van der Waals surface area contributed by atoms with Crippen molar-refractivity contribution in [1.82, 2.24) is 9.99 Å². The number of benzene rings is 3. The van der Waals surface area contributed by atoms with Gasteiger partial charge in [-0.25, -0.2) is 10.2 Å². The Morgan fingerprint density at radius 2 is 1.48 bits per heavy atom. The highest BCUT2D eigenvalue weighted by atomic mass is 35.5. The maximum atomic E-state index is 12.8. The Bertz CT molecular complexity index is 1310. The number of hydrogen-bond acceptors (Lipinski definition) is 4. The van der Waals surface area contributed by atoms with E-state index < -0.39 is 5.97 Å². The number of rotatable bonds is 6. The van der Waals surface area contributed by atoms with E-state index in [9.17, 15) is 9.59 Å². The second-order valence-electron chi connectivity index (χ2n) is 7.14. The molecule has 0 saturated heterocycles. The molecule has 0 unspecified atom stereocenters. The maximum absolute atomic E-state index is 12.8. The molecule has 33 heavy (non-hydrogen) atoms. The fraction of sp³-hybridized carbons (Fsp3) is 0.0385. The SMILES string of the molecule is C/C(=N\NC(=O)c1ccccc1-n1cccc1)c1ccccc1OC(=O)c1ccc(Cl)cc1. The summed E-state index contributed by atoms with van der Waals surface area (Å²) in [4.78, 5) is 25.4. The number of amides is 1. The van der Waals surface area contributed by atoms with Gasteiger partial charge < -0.3 is 9.30 Å². The lowest BCUT2D eigenvalue weighted by Gasteiger charge is -2.11. The van der Waals surface area contributed by atoms with E-state index in [-0.39, 0.29) is 5.91 Å². The highest BCUT2D eigenvalue weighted by molar-refractivity contribution is 6.30. The summed E-state index contributed by atoms with van der Waals surface area (Å²) in [6.07, 6.45) is 3.73. The zero-order valence-electron chi connectivity index (χ0n) is 17.7. The Labute approximate surface area is 196 Å². The van der Waals surface area contributed by atoms with Crippen molar-refractivity contribution in [2.45, 2.75) is 6.92 Å². The average molecular weight is 458 g/mol. The van der Waals surface area contributed by atoms with Gasteiger partial charge in [0.2, 0.25) is 0 Å². The van der Waals surface area contributed by atoms with Crippen molar-refractivity contribution in [2.75, 3.05) is 0 Å². The number of nitrogens with zero attached hydrogens (tertiary/aromatic N) is 2. The van der Waals surface area contributed by atoms with E-state index in [0.29, 0.717) is 33.2 Å². The Kier molecular flexibility index (Phi) is 6.66. The molecule has 1 aromatic heterocycles. The predicted octanol–water partition coefficient (Wildman–Crippen LogP) is 5.50. The van der Waals surface area contributed by atoms with Gasteiger partial charge in [0.1, 0.15) is 5.75 Å². The van der Waals surface area contributed by atoms with E-state index in [4.69, 9.17) is 16.3 Å². The van der Waals surface area contributed by atoms with Crippen LogP contribution in [-0.4, -0.2) is 22.2 Å². The van der Waals surface area contributed by atoms with Crippen molar-refractivity contribution >= 4 is 29.2 Å². The van der Waals surface area contributed by atoms with Crippen molar-refractivity contribution in [3.63, 3.8) is 0 Å². The molecule has 7 heteroatoms. The summed E-state index contributed by atoms with van der Waals surface area (Å²) in [5, 5.41) is 4.78. The monoisotopic (exact) mass is 457 g/mol. The molecule has 0 aliphatic rings. The molecule has 3 aromatic carbocycles. The molecular formula is C26H20ClN3O3. The first-order valence-corrected chi connectivity index (χ1v) is 10.5. The first-order chi connectivity index (χ1) is 16.0. The molecule has 0 saturated carbocycles. The van der Waals surface area contributed by atoms with Crippen molar-refractivity contribution < 1.29 is 14.3 Å². The van der Waals surface area contributed by atoms with Crippen LogP contribution in [0.25, 0.3) is 5.69 Å². The lowest BCUT2D eigenvalue weighted by atomic mass is 10.1. The third kappa shape index (κ3) is 5.19. The fourth-order valence-electron chi connectivity index (χ4n) is 3.24. The molecule has 4 rings (SSSR count). The number of para-hydroxylation sites is 2. The summed E-state index contributed by atoms with van der Waals surface area (Å²) in [5.41, 5.74) is 5.26. The summed E-state index contributed by atoms with van der Waals surface area (Å²) in [6.45, 7) is 1.73. The van der Waals surface area contributed by atoms with Crippen LogP contribution in [0.4, 0.5) is 0 Å². The number of hydrazone groups is 1. The number of carbonyl (C=O) groups excluding carboxylic acids is 2. The van der Waals surface area contributed by atoms with Crippen LogP contribution in [0.5, 0.6) is 5.75 Å². The molecule has 0 aliphatic carbocycles. The van der Waals surface area contributed by atoms with E-state index in [2.05, 4.69) is 10.5 Å². The minimum absolute atomic E-state index is 0.334. The van der Waals surface area contributed by atoms with Crippen LogP contribution in [0, 0.1) is 0 Å². The third-order valence-electron chi connectivity index (χ3n) is 4.92. The maximum Gasteiger partial charge on any atom is 0.343 e. The number of hydrogen-bond donors (Lipinski definition) is 1. The Morgan fingerprint density at radius 3 is 2.21 bits per heavy atom. The first kappa shape index (κ1) is 22.0. The minimum Gasteiger partial charge on any atom is -0.422 e. The van der Waals surface area contributed by atoms with E-state index in [1.807, 2.05) is 41.2 Å². The highest BCUT2D eigenvalue weighted by Crippen LogP contribution is 2.21. The molecule has 0 radical (unpaired) electrons. The topological polar surface area (TPSA) is 72.7 Å². The van der Waals surface area contributed by atoms with Crippen LogP contribution < -0.4 is 10.2 Å². The molecule has 0 spiro atoms. The molecule has 1 N–H and O–H groups in total. The van der Waals surface area contributed by atoms with Crippen LogP contribution in [0.3, 0.4) is 0 Å². The standard InChI is InChI=1S/C26H20ClN3O3/c1-18(28-29-25(31)22-9-2-4-10-23(22)30-16-6-7-17-30)21-8-3-5-11-24(21)33-26(32)19-12-14-20(27)15-13-19/h2-17H,1H3,(H,29,31)/b28-18+. The highest BCUT2D eigenvalue weighted by Gasteiger charge is 2.15. The second kappa shape index (κ2) is 9.97. The molecular weight excluding hydrogens is 438 g/mol. The summed E-state index contributed by atoms with van der Waals surface area (Å²) >= 11 is 5.88.